The van der Waals surface area contributed by atoms with E-state index in [0.717, 1.165) is 66.4 Å². The smallest absolute Gasteiger partial charge is 0.162 e. The quantitative estimate of drug-likeness (QED) is 0.125. The number of amidine groups is 2. The van der Waals surface area contributed by atoms with E-state index >= 15 is 0 Å². The Morgan fingerprint density at radius 1 is 0.464 bits per heavy atom. The van der Waals surface area contributed by atoms with Crippen LogP contribution in [0.15, 0.2) is 214 Å². The van der Waals surface area contributed by atoms with Gasteiger partial charge in [-0.3, -0.25) is 0 Å². The van der Waals surface area contributed by atoms with Crippen molar-refractivity contribution in [3.8, 4) is 27.9 Å². The van der Waals surface area contributed by atoms with Crippen LogP contribution in [0.1, 0.15) is 11.1 Å². The van der Waals surface area contributed by atoms with E-state index in [1.165, 1.54) is 22.1 Å². The molecule has 10 aromatic rings. The van der Waals surface area contributed by atoms with Crippen LogP contribution >= 0.6 is 0 Å². The first-order valence-corrected chi connectivity index (χ1v) is 18.6. The number of hydrogen-bond donors (Lipinski definition) is 0. The third-order valence-electron chi connectivity index (χ3n) is 10.3. The van der Waals surface area contributed by atoms with Crippen LogP contribution in [0.3, 0.4) is 0 Å². The molecule has 0 fully saturated rings. The van der Waals surface area contributed by atoms with E-state index in [1.807, 2.05) is 72.8 Å². The molecule has 0 saturated carbocycles. The van der Waals surface area contributed by atoms with E-state index in [9.17, 15) is 0 Å². The zero-order valence-corrected chi connectivity index (χ0v) is 30.4. The third-order valence-corrected chi connectivity index (χ3v) is 10.3. The van der Waals surface area contributed by atoms with Crippen LogP contribution in [0, 0.1) is 0 Å². The lowest BCUT2D eigenvalue weighted by Crippen LogP contribution is -2.04. The maximum absolute atomic E-state index is 6.54. The number of benzene rings is 8. The molecule has 0 radical (unpaired) electrons. The molecule has 0 amide bonds. The predicted molar refractivity (Wildman–Crippen MR) is 234 cm³/mol. The SMILES string of the molecule is C=N/C(=N\C(=N/c1ccc2oc3ccc4c5ccccc5n(-c5ccc(-c6cccc(-c7ccccc7)c6)cc5)c4c3c2c1)c1ccccc1)c1ccccc1. The van der Waals surface area contributed by atoms with Gasteiger partial charge in [0.05, 0.1) is 22.1 Å². The van der Waals surface area contributed by atoms with Crippen molar-refractivity contribution in [2.75, 3.05) is 0 Å². The Morgan fingerprint density at radius 3 is 1.79 bits per heavy atom. The maximum Gasteiger partial charge on any atom is 0.162 e. The molecule has 264 valence electrons. The van der Waals surface area contributed by atoms with Crippen molar-refractivity contribution >= 4 is 67.8 Å². The minimum atomic E-state index is 0.504. The Balaban J connectivity index is 1.14. The van der Waals surface area contributed by atoms with Gasteiger partial charge in [0.15, 0.2) is 11.7 Å². The van der Waals surface area contributed by atoms with Crippen LogP contribution in [-0.2, 0) is 0 Å². The Bertz CT molecular complexity index is 3120. The fraction of sp³-hybridized carbons (Fsp3) is 0. The topological polar surface area (TPSA) is 55.1 Å². The minimum Gasteiger partial charge on any atom is -0.456 e. The van der Waals surface area contributed by atoms with Crippen LogP contribution in [0.25, 0.3) is 71.7 Å². The molecular formula is C51H34N4O. The molecule has 0 bridgehead atoms. The highest BCUT2D eigenvalue weighted by Crippen LogP contribution is 2.42. The number of para-hydroxylation sites is 1. The first-order chi connectivity index (χ1) is 27.7. The first-order valence-electron chi connectivity index (χ1n) is 18.6. The summed E-state index contributed by atoms with van der Waals surface area (Å²) in [5.41, 5.74) is 12.1. The fourth-order valence-corrected chi connectivity index (χ4v) is 7.70. The molecule has 10 rings (SSSR count). The number of nitrogens with zero attached hydrogens (tertiary/aromatic N) is 4. The zero-order chi connectivity index (χ0) is 37.4. The number of furan rings is 1. The highest BCUT2D eigenvalue weighted by molar-refractivity contribution is 6.25. The summed E-state index contributed by atoms with van der Waals surface area (Å²) < 4.78 is 8.91. The van der Waals surface area contributed by atoms with E-state index in [0.29, 0.717) is 11.7 Å². The monoisotopic (exact) mass is 718 g/mol. The lowest BCUT2D eigenvalue weighted by atomic mass is 9.99. The van der Waals surface area contributed by atoms with Crippen molar-refractivity contribution in [2.24, 2.45) is 15.0 Å². The van der Waals surface area contributed by atoms with Crippen LogP contribution in [-0.4, -0.2) is 23.0 Å². The second-order valence-electron chi connectivity index (χ2n) is 13.7. The first kappa shape index (κ1) is 33.0. The Kier molecular flexibility index (Phi) is 8.23. The normalized spacial score (nSPS) is 12.2. The van der Waals surface area contributed by atoms with E-state index in [4.69, 9.17) is 14.4 Å². The fourth-order valence-electron chi connectivity index (χ4n) is 7.70. The van der Waals surface area contributed by atoms with Gasteiger partial charge in [-0.1, -0.05) is 140 Å². The minimum absolute atomic E-state index is 0.504. The summed E-state index contributed by atoms with van der Waals surface area (Å²) in [6.07, 6.45) is 0. The van der Waals surface area contributed by atoms with Gasteiger partial charge in [0.2, 0.25) is 0 Å². The van der Waals surface area contributed by atoms with Crippen LogP contribution in [0.4, 0.5) is 5.69 Å². The van der Waals surface area contributed by atoms with Gasteiger partial charge in [0.25, 0.3) is 0 Å². The Labute approximate surface area is 323 Å². The van der Waals surface area contributed by atoms with Crippen molar-refractivity contribution in [1.29, 1.82) is 0 Å². The van der Waals surface area contributed by atoms with E-state index in [2.05, 4.69) is 138 Å². The molecule has 5 heteroatoms. The van der Waals surface area contributed by atoms with E-state index in [1.54, 1.807) is 0 Å². The van der Waals surface area contributed by atoms with Gasteiger partial charge in [0, 0.05) is 33.0 Å². The molecule has 2 heterocycles. The van der Waals surface area contributed by atoms with Crippen LogP contribution in [0.5, 0.6) is 0 Å². The lowest BCUT2D eigenvalue weighted by Gasteiger charge is -2.11. The van der Waals surface area contributed by atoms with Crippen LogP contribution in [0.2, 0.25) is 0 Å². The van der Waals surface area contributed by atoms with Crippen molar-refractivity contribution in [3.05, 3.63) is 205 Å². The number of hydrogen-bond acceptors (Lipinski definition) is 2. The summed E-state index contributed by atoms with van der Waals surface area (Å²) in [5.74, 6) is 1.04. The van der Waals surface area contributed by atoms with Gasteiger partial charge in [-0.25, -0.2) is 15.0 Å². The van der Waals surface area contributed by atoms with Crippen molar-refractivity contribution < 1.29 is 4.42 Å². The van der Waals surface area contributed by atoms with Gasteiger partial charge >= 0.3 is 0 Å². The maximum atomic E-state index is 6.54. The molecule has 0 aliphatic carbocycles. The average molecular weight is 719 g/mol. The average Bonchev–Trinajstić information content (AvgIpc) is 3.81. The molecular weight excluding hydrogens is 685 g/mol. The van der Waals surface area contributed by atoms with Crippen molar-refractivity contribution in [1.82, 2.24) is 4.57 Å². The number of fused-ring (bicyclic) bond motifs is 7. The van der Waals surface area contributed by atoms with Gasteiger partial charge in [-0.15, -0.1) is 0 Å². The summed E-state index contributed by atoms with van der Waals surface area (Å²) in [6.45, 7) is 3.82. The Hall–Kier alpha value is -7.63. The highest BCUT2D eigenvalue weighted by Gasteiger charge is 2.20. The van der Waals surface area contributed by atoms with Crippen molar-refractivity contribution in [3.63, 3.8) is 0 Å². The van der Waals surface area contributed by atoms with Crippen molar-refractivity contribution in [2.45, 2.75) is 0 Å². The molecule has 2 aromatic heterocycles. The molecule has 0 spiro atoms. The lowest BCUT2D eigenvalue weighted by molar-refractivity contribution is 0.669. The Morgan fingerprint density at radius 2 is 1.07 bits per heavy atom. The summed E-state index contributed by atoms with van der Waals surface area (Å²) in [4.78, 5) is 14.4. The molecule has 0 atom stereocenters. The molecule has 0 unspecified atom stereocenters. The largest absolute Gasteiger partial charge is 0.456 e. The van der Waals surface area contributed by atoms with Gasteiger partial charge < -0.3 is 8.98 Å². The summed E-state index contributed by atoms with van der Waals surface area (Å²) in [5, 5.41) is 4.35. The third kappa shape index (κ3) is 5.88. The molecule has 56 heavy (non-hydrogen) atoms. The molecule has 0 saturated heterocycles. The summed E-state index contributed by atoms with van der Waals surface area (Å²) in [6, 6.07) is 66.9. The molecule has 0 N–H and O–H groups in total. The predicted octanol–water partition coefficient (Wildman–Crippen LogP) is 13.2. The van der Waals surface area contributed by atoms with Gasteiger partial charge in [0.1, 0.15) is 11.2 Å². The number of rotatable bonds is 6. The second-order valence-corrected chi connectivity index (χ2v) is 13.7. The standard InChI is InChI=1S/C51H34N4O/c1-52-50(36-16-7-3-8-17-36)54-51(37-18-9-4-10-19-37)53-40-26-30-46-44(33-40)48-47(56-46)31-29-43-42-22-11-12-23-45(42)55(49(43)48)41-27-24-35(25-28-41)39-21-13-20-38(32-39)34-14-5-2-6-15-34/h2-33H,1H2/b53-51-,54-50-. The zero-order valence-electron chi connectivity index (χ0n) is 30.4. The molecule has 5 nitrogen and oxygen atoms in total. The van der Waals surface area contributed by atoms with Gasteiger partial charge in [-0.05, 0) is 83.6 Å². The number of aliphatic imine (C=N–C) groups is 3. The second kappa shape index (κ2) is 14.0. The summed E-state index contributed by atoms with van der Waals surface area (Å²) in [7, 11) is 0. The molecule has 0 aliphatic heterocycles. The van der Waals surface area contributed by atoms with E-state index in [-0.39, 0.29) is 0 Å². The van der Waals surface area contributed by atoms with E-state index < -0.39 is 0 Å². The molecule has 8 aromatic carbocycles. The molecule has 0 aliphatic rings. The highest BCUT2D eigenvalue weighted by atomic mass is 16.3. The summed E-state index contributed by atoms with van der Waals surface area (Å²) >= 11 is 0. The van der Waals surface area contributed by atoms with Crippen LogP contribution < -0.4 is 0 Å². The number of aromatic nitrogens is 1. The van der Waals surface area contributed by atoms with Gasteiger partial charge in [-0.2, -0.15) is 0 Å².